The number of aliphatic hydroxyl groups excluding tert-OH is 1. The van der Waals surface area contributed by atoms with Crippen LogP contribution in [0.3, 0.4) is 0 Å². The molecule has 24 heavy (non-hydrogen) atoms. The second-order valence-electron chi connectivity index (χ2n) is 6.13. The largest absolute Gasteiger partial charge is 0.492 e. The highest BCUT2D eigenvalue weighted by Crippen LogP contribution is 2.18. The SMILES string of the molecule is CC(O)c1ccc(OCCN2CCN(c3ccncc3)CC2)cc1. The van der Waals surface area contributed by atoms with Gasteiger partial charge in [-0.05, 0) is 36.8 Å². The summed E-state index contributed by atoms with van der Waals surface area (Å²) in [5, 5.41) is 9.51. The Hall–Kier alpha value is -2.11. The summed E-state index contributed by atoms with van der Waals surface area (Å²) in [6.45, 7) is 7.55. The molecule has 5 heteroatoms. The minimum atomic E-state index is -0.434. The maximum atomic E-state index is 9.51. The van der Waals surface area contributed by atoms with Gasteiger partial charge in [0.15, 0.2) is 0 Å². The van der Waals surface area contributed by atoms with E-state index in [0.717, 1.165) is 44.0 Å². The van der Waals surface area contributed by atoms with Crippen LogP contribution in [-0.2, 0) is 0 Å². The fourth-order valence-electron chi connectivity index (χ4n) is 2.92. The zero-order valence-corrected chi connectivity index (χ0v) is 14.1. The number of aromatic nitrogens is 1. The standard InChI is InChI=1S/C19H25N3O2/c1-16(23)17-2-4-19(5-3-17)24-15-14-21-10-12-22(13-11-21)18-6-8-20-9-7-18/h2-9,16,23H,10-15H2,1H3. The molecule has 2 heterocycles. The number of hydrogen-bond acceptors (Lipinski definition) is 5. The first kappa shape index (κ1) is 16.7. The van der Waals surface area contributed by atoms with Crippen LogP contribution in [0.2, 0.25) is 0 Å². The van der Waals surface area contributed by atoms with Gasteiger partial charge in [0, 0.05) is 50.8 Å². The molecule has 1 atom stereocenters. The Morgan fingerprint density at radius 3 is 2.33 bits per heavy atom. The van der Waals surface area contributed by atoms with E-state index in [-0.39, 0.29) is 0 Å². The van der Waals surface area contributed by atoms with Crippen LogP contribution in [0.15, 0.2) is 48.8 Å². The third-order valence-corrected chi connectivity index (χ3v) is 4.44. The van der Waals surface area contributed by atoms with Crippen LogP contribution in [0.4, 0.5) is 5.69 Å². The van der Waals surface area contributed by atoms with E-state index in [1.54, 1.807) is 6.92 Å². The molecule has 1 fully saturated rings. The average Bonchev–Trinajstić information content (AvgIpc) is 2.63. The summed E-state index contributed by atoms with van der Waals surface area (Å²) < 4.78 is 5.81. The van der Waals surface area contributed by atoms with E-state index in [2.05, 4.69) is 26.9 Å². The number of rotatable bonds is 6. The summed E-state index contributed by atoms with van der Waals surface area (Å²) in [6, 6.07) is 11.8. The maximum absolute atomic E-state index is 9.51. The van der Waals surface area contributed by atoms with Crippen molar-refractivity contribution in [3.05, 3.63) is 54.4 Å². The lowest BCUT2D eigenvalue weighted by Gasteiger charge is -2.35. The van der Waals surface area contributed by atoms with Crippen LogP contribution in [0.1, 0.15) is 18.6 Å². The van der Waals surface area contributed by atoms with Crippen molar-refractivity contribution >= 4 is 5.69 Å². The lowest BCUT2D eigenvalue weighted by Crippen LogP contribution is -2.47. The van der Waals surface area contributed by atoms with E-state index in [9.17, 15) is 5.11 Å². The van der Waals surface area contributed by atoms with Crippen molar-refractivity contribution in [2.75, 3.05) is 44.2 Å². The van der Waals surface area contributed by atoms with Crippen LogP contribution in [0, 0.1) is 0 Å². The second-order valence-corrected chi connectivity index (χ2v) is 6.13. The predicted octanol–water partition coefficient (Wildman–Crippen LogP) is 2.34. The van der Waals surface area contributed by atoms with Crippen LogP contribution in [0.5, 0.6) is 5.75 Å². The topological polar surface area (TPSA) is 48.8 Å². The van der Waals surface area contributed by atoms with Crippen LogP contribution < -0.4 is 9.64 Å². The molecule has 1 aromatic heterocycles. The normalized spacial score (nSPS) is 16.8. The van der Waals surface area contributed by atoms with Crippen molar-refractivity contribution in [1.82, 2.24) is 9.88 Å². The summed E-state index contributed by atoms with van der Waals surface area (Å²) in [6.07, 6.45) is 3.26. The molecule has 1 aliphatic rings. The monoisotopic (exact) mass is 327 g/mol. The Labute approximate surface area is 143 Å². The lowest BCUT2D eigenvalue weighted by molar-refractivity contribution is 0.197. The number of ether oxygens (including phenoxy) is 1. The smallest absolute Gasteiger partial charge is 0.119 e. The summed E-state index contributed by atoms with van der Waals surface area (Å²) in [4.78, 5) is 8.90. The third-order valence-electron chi connectivity index (χ3n) is 4.44. The fourth-order valence-corrected chi connectivity index (χ4v) is 2.92. The maximum Gasteiger partial charge on any atom is 0.119 e. The Kier molecular flexibility index (Phi) is 5.67. The molecular formula is C19H25N3O2. The molecule has 0 saturated carbocycles. The molecule has 1 aromatic carbocycles. The van der Waals surface area contributed by atoms with Crippen LogP contribution in [-0.4, -0.2) is 54.3 Å². The van der Waals surface area contributed by atoms with E-state index in [1.165, 1.54) is 5.69 Å². The minimum Gasteiger partial charge on any atom is -0.492 e. The van der Waals surface area contributed by atoms with Gasteiger partial charge in [0.1, 0.15) is 12.4 Å². The van der Waals surface area contributed by atoms with Gasteiger partial charge in [-0.1, -0.05) is 12.1 Å². The number of benzene rings is 1. The molecule has 1 unspecified atom stereocenters. The van der Waals surface area contributed by atoms with Gasteiger partial charge in [0.05, 0.1) is 6.10 Å². The summed E-state index contributed by atoms with van der Waals surface area (Å²) >= 11 is 0. The highest BCUT2D eigenvalue weighted by Gasteiger charge is 2.16. The summed E-state index contributed by atoms with van der Waals surface area (Å²) in [7, 11) is 0. The lowest BCUT2D eigenvalue weighted by atomic mass is 10.1. The van der Waals surface area contributed by atoms with Gasteiger partial charge >= 0.3 is 0 Å². The number of hydrogen-bond donors (Lipinski definition) is 1. The number of nitrogens with zero attached hydrogens (tertiary/aromatic N) is 3. The van der Waals surface area contributed by atoms with Crippen LogP contribution >= 0.6 is 0 Å². The Morgan fingerprint density at radius 2 is 1.71 bits per heavy atom. The molecule has 1 saturated heterocycles. The van der Waals surface area contributed by atoms with Crippen molar-refractivity contribution in [1.29, 1.82) is 0 Å². The number of aliphatic hydroxyl groups is 1. The number of pyridine rings is 1. The first-order valence-electron chi connectivity index (χ1n) is 8.50. The molecular weight excluding hydrogens is 302 g/mol. The number of anilines is 1. The zero-order valence-electron chi connectivity index (χ0n) is 14.1. The quantitative estimate of drug-likeness (QED) is 0.882. The molecule has 0 aliphatic carbocycles. The first-order valence-corrected chi connectivity index (χ1v) is 8.50. The Morgan fingerprint density at radius 1 is 1.04 bits per heavy atom. The zero-order chi connectivity index (χ0) is 16.8. The molecule has 0 amide bonds. The molecule has 1 N–H and O–H groups in total. The van der Waals surface area contributed by atoms with E-state index in [1.807, 2.05) is 36.7 Å². The van der Waals surface area contributed by atoms with E-state index < -0.39 is 6.10 Å². The number of piperazine rings is 1. The van der Waals surface area contributed by atoms with Crippen molar-refractivity contribution < 1.29 is 9.84 Å². The van der Waals surface area contributed by atoms with Crippen molar-refractivity contribution in [2.45, 2.75) is 13.0 Å². The van der Waals surface area contributed by atoms with E-state index in [0.29, 0.717) is 6.61 Å². The van der Waals surface area contributed by atoms with Gasteiger partial charge in [-0.15, -0.1) is 0 Å². The Balaban J connectivity index is 1.39. The van der Waals surface area contributed by atoms with Gasteiger partial charge in [-0.25, -0.2) is 0 Å². The van der Waals surface area contributed by atoms with Crippen molar-refractivity contribution in [2.24, 2.45) is 0 Å². The summed E-state index contributed by atoms with van der Waals surface area (Å²) in [5.41, 5.74) is 2.16. The van der Waals surface area contributed by atoms with E-state index in [4.69, 9.17) is 4.74 Å². The summed E-state index contributed by atoms with van der Waals surface area (Å²) in [5.74, 6) is 0.856. The first-order chi connectivity index (χ1) is 11.7. The molecule has 0 bridgehead atoms. The average molecular weight is 327 g/mol. The highest BCUT2D eigenvalue weighted by molar-refractivity contribution is 5.44. The van der Waals surface area contributed by atoms with Gasteiger partial charge in [0.2, 0.25) is 0 Å². The molecule has 2 aromatic rings. The molecule has 0 radical (unpaired) electrons. The minimum absolute atomic E-state index is 0.434. The Bertz CT molecular complexity index is 608. The van der Waals surface area contributed by atoms with Gasteiger partial charge in [-0.3, -0.25) is 9.88 Å². The third kappa shape index (κ3) is 4.46. The van der Waals surface area contributed by atoms with Gasteiger partial charge in [0.25, 0.3) is 0 Å². The second kappa shape index (κ2) is 8.13. The van der Waals surface area contributed by atoms with Crippen molar-refractivity contribution in [3.8, 4) is 5.75 Å². The van der Waals surface area contributed by atoms with Gasteiger partial charge in [-0.2, -0.15) is 0 Å². The molecule has 3 rings (SSSR count). The molecule has 128 valence electrons. The van der Waals surface area contributed by atoms with Crippen molar-refractivity contribution in [3.63, 3.8) is 0 Å². The van der Waals surface area contributed by atoms with Gasteiger partial charge < -0.3 is 14.7 Å². The van der Waals surface area contributed by atoms with Crippen LogP contribution in [0.25, 0.3) is 0 Å². The highest BCUT2D eigenvalue weighted by atomic mass is 16.5. The fraction of sp³-hybridized carbons (Fsp3) is 0.421. The molecule has 5 nitrogen and oxygen atoms in total. The van der Waals surface area contributed by atoms with E-state index >= 15 is 0 Å². The molecule has 1 aliphatic heterocycles. The predicted molar refractivity (Wildman–Crippen MR) is 95.5 cm³/mol. The molecule has 0 spiro atoms.